The number of carbonyl (C=O) groups is 2. The van der Waals surface area contributed by atoms with Gasteiger partial charge in [-0.1, -0.05) is 6.07 Å². The van der Waals surface area contributed by atoms with Gasteiger partial charge in [-0.3, -0.25) is 9.69 Å². The molecule has 2 heterocycles. The summed E-state index contributed by atoms with van der Waals surface area (Å²) in [5, 5.41) is 4.47. The van der Waals surface area contributed by atoms with Crippen molar-refractivity contribution >= 4 is 29.4 Å². The maximum Gasteiger partial charge on any atom is 0.328 e. The van der Waals surface area contributed by atoms with E-state index in [4.69, 9.17) is 0 Å². The lowest BCUT2D eigenvalue weighted by Gasteiger charge is -2.05. The van der Waals surface area contributed by atoms with Crippen molar-refractivity contribution in [2.24, 2.45) is 0 Å². The number of nitrogens with one attached hydrogen (secondary N) is 1. The highest BCUT2D eigenvalue weighted by atomic mass is 32.1. The summed E-state index contributed by atoms with van der Waals surface area (Å²) in [6.45, 7) is 2.16. The fraction of sp³-hybridized carbons (Fsp3) is 0.200. The molecule has 1 fully saturated rings. The molecule has 0 aliphatic carbocycles. The summed E-state index contributed by atoms with van der Waals surface area (Å²) in [6.07, 6.45) is 1.69. The number of amides is 3. The molecule has 0 saturated carbocycles. The predicted molar refractivity (Wildman–Crippen MR) is 58.2 cm³/mol. The Morgan fingerprint density at radius 3 is 2.87 bits per heavy atom. The van der Waals surface area contributed by atoms with Crippen molar-refractivity contribution in [2.75, 3.05) is 6.54 Å². The van der Waals surface area contributed by atoms with E-state index in [0.29, 0.717) is 12.2 Å². The number of thiophene rings is 1. The average molecular weight is 222 g/mol. The van der Waals surface area contributed by atoms with Crippen LogP contribution in [0.1, 0.15) is 11.8 Å². The summed E-state index contributed by atoms with van der Waals surface area (Å²) in [5.74, 6) is -0.254. The second kappa shape index (κ2) is 3.86. The highest BCUT2D eigenvalue weighted by Crippen LogP contribution is 2.16. The van der Waals surface area contributed by atoms with Crippen LogP contribution >= 0.6 is 11.3 Å². The zero-order chi connectivity index (χ0) is 10.8. The minimum absolute atomic E-state index is 0.254. The van der Waals surface area contributed by atoms with Crippen molar-refractivity contribution in [1.82, 2.24) is 10.2 Å². The van der Waals surface area contributed by atoms with Gasteiger partial charge in [-0.15, -0.1) is 11.3 Å². The van der Waals surface area contributed by atoms with Gasteiger partial charge in [-0.2, -0.15) is 0 Å². The first-order valence-corrected chi connectivity index (χ1v) is 5.48. The van der Waals surface area contributed by atoms with E-state index < -0.39 is 0 Å². The van der Waals surface area contributed by atoms with Crippen LogP contribution in [0, 0.1) is 0 Å². The van der Waals surface area contributed by atoms with E-state index in [1.807, 2.05) is 17.5 Å². The normalized spacial score (nSPS) is 18.7. The van der Waals surface area contributed by atoms with Crippen LogP contribution in [0.2, 0.25) is 0 Å². The molecular weight excluding hydrogens is 212 g/mol. The number of urea groups is 1. The number of imide groups is 1. The summed E-state index contributed by atoms with van der Waals surface area (Å²) in [6, 6.07) is 3.45. The molecule has 0 radical (unpaired) electrons. The van der Waals surface area contributed by atoms with Gasteiger partial charge >= 0.3 is 6.03 Å². The Hall–Kier alpha value is -1.62. The van der Waals surface area contributed by atoms with Crippen LogP contribution in [0.4, 0.5) is 4.79 Å². The van der Waals surface area contributed by atoms with Crippen LogP contribution < -0.4 is 5.32 Å². The third kappa shape index (κ3) is 1.78. The fourth-order valence-electron chi connectivity index (χ4n) is 1.37. The van der Waals surface area contributed by atoms with E-state index in [-0.39, 0.29) is 11.9 Å². The fourth-order valence-corrected chi connectivity index (χ4v) is 2.03. The Labute approximate surface area is 91.2 Å². The molecule has 0 unspecified atom stereocenters. The number of hydrogen-bond donors (Lipinski definition) is 1. The van der Waals surface area contributed by atoms with E-state index in [2.05, 4.69) is 5.32 Å². The van der Waals surface area contributed by atoms with Gasteiger partial charge < -0.3 is 5.32 Å². The highest BCUT2D eigenvalue weighted by Gasteiger charge is 2.31. The standard InChI is InChI=1S/C10H10N2O2S/c1-2-12-9(13)8(11-10(12)14)6-7-4-3-5-15-7/h3-6H,2H2,1H3,(H,11,14)/b8-6+. The van der Waals surface area contributed by atoms with Crippen molar-refractivity contribution < 1.29 is 9.59 Å². The largest absolute Gasteiger partial charge is 0.328 e. The van der Waals surface area contributed by atoms with Gasteiger partial charge in [0, 0.05) is 11.4 Å². The first-order chi connectivity index (χ1) is 7.22. The second-order valence-corrected chi connectivity index (χ2v) is 4.03. The first kappa shape index (κ1) is 9.92. The SMILES string of the molecule is CCN1C(=O)N/C(=C/c2cccs2)C1=O. The zero-order valence-electron chi connectivity index (χ0n) is 8.19. The molecule has 1 aliphatic heterocycles. The van der Waals surface area contributed by atoms with Crippen molar-refractivity contribution in [3.8, 4) is 0 Å². The minimum atomic E-state index is -0.342. The maximum atomic E-state index is 11.7. The van der Waals surface area contributed by atoms with E-state index >= 15 is 0 Å². The van der Waals surface area contributed by atoms with Gasteiger partial charge in [0.15, 0.2) is 0 Å². The number of likely N-dealkylation sites (N-methyl/N-ethyl adjacent to an activating group) is 1. The van der Waals surface area contributed by atoms with Crippen LogP contribution in [0.25, 0.3) is 6.08 Å². The van der Waals surface area contributed by atoms with Crippen molar-refractivity contribution in [1.29, 1.82) is 0 Å². The molecule has 5 heteroatoms. The summed E-state index contributed by atoms with van der Waals surface area (Å²) >= 11 is 1.52. The van der Waals surface area contributed by atoms with E-state index in [9.17, 15) is 9.59 Å². The monoisotopic (exact) mass is 222 g/mol. The lowest BCUT2D eigenvalue weighted by Crippen LogP contribution is -2.30. The maximum absolute atomic E-state index is 11.7. The Kier molecular flexibility index (Phi) is 2.55. The third-order valence-corrected chi connectivity index (χ3v) is 2.93. The van der Waals surface area contributed by atoms with Gasteiger partial charge in [-0.05, 0) is 24.4 Å². The molecule has 1 N–H and O–H groups in total. The Morgan fingerprint density at radius 1 is 1.53 bits per heavy atom. The topological polar surface area (TPSA) is 49.4 Å². The quantitative estimate of drug-likeness (QED) is 0.611. The number of hydrogen-bond acceptors (Lipinski definition) is 3. The van der Waals surface area contributed by atoms with Crippen LogP contribution in [-0.2, 0) is 4.79 Å². The molecule has 78 valence electrons. The Morgan fingerprint density at radius 2 is 2.33 bits per heavy atom. The van der Waals surface area contributed by atoms with E-state index in [0.717, 1.165) is 4.88 Å². The predicted octanol–water partition coefficient (Wildman–Crippen LogP) is 1.66. The Balaban J connectivity index is 2.26. The van der Waals surface area contributed by atoms with Crippen LogP contribution in [0.5, 0.6) is 0 Å². The molecule has 0 spiro atoms. The molecule has 4 nitrogen and oxygen atoms in total. The van der Waals surface area contributed by atoms with E-state index in [1.165, 1.54) is 16.2 Å². The number of carbonyl (C=O) groups excluding carboxylic acids is 2. The van der Waals surface area contributed by atoms with Crippen LogP contribution in [0.15, 0.2) is 23.2 Å². The lowest BCUT2D eigenvalue weighted by atomic mass is 10.3. The highest BCUT2D eigenvalue weighted by molar-refractivity contribution is 7.10. The molecule has 15 heavy (non-hydrogen) atoms. The summed E-state index contributed by atoms with van der Waals surface area (Å²) in [4.78, 5) is 25.1. The number of nitrogens with zero attached hydrogens (tertiary/aromatic N) is 1. The van der Waals surface area contributed by atoms with Gasteiger partial charge in [0.1, 0.15) is 5.70 Å². The molecule has 1 saturated heterocycles. The first-order valence-electron chi connectivity index (χ1n) is 4.60. The van der Waals surface area contributed by atoms with E-state index in [1.54, 1.807) is 13.0 Å². The minimum Gasteiger partial charge on any atom is -0.303 e. The van der Waals surface area contributed by atoms with Gasteiger partial charge in [0.25, 0.3) is 5.91 Å². The van der Waals surface area contributed by atoms with Crippen molar-refractivity contribution in [2.45, 2.75) is 6.92 Å². The average Bonchev–Trinajstić information content (AvgIpc) is 2.78. The molecule has 1 aliphatic rings. The summed E-state index contributed by atoms with van der Waals surface area (Å²) < 4.78 is 0. The smallest absolute Gasteiger partial charge is 0.303 e. The zero-order valence-corrected chi connectivity index (χ0v) is 9.00. The van der Waals surface area contributed by atoms with Crippen molar-refractivity contribution in [3.63, 3.8) is 0 Å². The molecule has 2 rings (SSSR count). The molecular formula is C10H10N2O2S. The molecule has 0 aromatic carbocycles. The second-order valence-electron chi connectivity index (χ2n) is 3.05. The van der Waals surface area contributed by atoms with Gasteiger partial charge in [-0.25, -0.2) is 4.79 Å². The summed E-state index contributed by atoms with van der Waals surface area (Å²) in [7, 11) is 0. The van der Waals surface area contributed by atoms with Crippen LogP contribution in [-0.4, -0.2) is 23.4 Å². The molecule has 0 atom stereocenters. The Bertz CT molecular complexity index is 423. The van der Waals surface area contributed by atoms with Gasteiger partial charge in [0.2, 0.25) is 0 Å². The molecule has 3 amide bonds. The van der Waals surface area contributed by atoms with Crippen LogP contribution in [0.3, 0.4) is 0 Å². The molecule has 0 bridgehead atoms. The molecule has 1 aromatic rings. The van der Waals surface area contributed by atoms with Crippen molar-refractivity contribution in [3.05, 3.63) is 28.1 Å². The molecule has 1 aromatic heterocycles. The van der Waals surface area contributed by atoms with Gasteiger partial charge in [0.05, 0.1) is 0 Å². The summed E-state index contributed by atoms with van der Waals surface area (Å²) in [5.41, 5.74) is 0.351. The lowest BCUT2D eigenvalue weighted by molar-refractivity contribution is -0.122. The third-order valence-electron chi connectivity index (χ3n) is 2.11. The number of rotatable bonds is 2.